The number of carbonyl (C=O) groups is 2. The van der Waals surface area contributed by atoms with Crippen molar-refractivity contribution in [3.05, 3.63) is 81.8 Å². The average Bonchev–Trinajstić information content (AvgIpc) is 3.53. The predicted octanol–water partition coefficient (Wildman–Crippen LogP) is 6.38. The van der Waals surface area contributed by atoms with E-state index in [2.05, 4.69) is 5.32 Å². The second kappa shape index (κ2) is 15.2. The van der Waals surface area contributed by atoms with Crippen molar-refractivity contribution in [2.45, 2.75) is 69.5 Å². The Morgan fingerprint density at radius 2 is 1.62 bits per heavy atom. The summed E-state index contributed by atoms with van der Waals surface area (Å²) >= 11 is 13.0. The minimum absolute atomic E-state index is 0.0162. The monoisotopic (exact) mass is 675 g/mol. The number of rotatable bonds is 13. The molecule has 0 bridgehead atoms. The van der Waals surface area contributed by atoms with Crippen LogP contribution < -0.4 is 19.1 Å². The van der Waals surface area contributed by atoms with E-state index in [1.54, 1.807) is 49.4 Å². The molecule has 0 radical (unpaired) electrons. The molecule has 0 unspecified atom stereocenters. The van der Waals surface area contributed by atoms with Crippen molar-refractivity contribution in [2.75, 3.05) is 25.1 Å². The number of sulfonamides is 1. The van der Waals surface area contributed by atoms with Gasteiger partial charge in [0.2, 0.25) is 11.8 Å². The number of carbonyl (C=O) groups excluding carboxylic acids is 2. The molecule has 0 heterocycles. The molecule has 12 heteroatoms. The summed E-state index contributed by atoms with van der Waals surface area (Å²) in [5, 5.41) is 3.74. The predicted molar refractivity (Wildman–Crippen MR) is 177 cm³/mol. The Morgan fingerprint density at radius 1 is 0.978 bits per heavy atom. The number of benzene rings is 3. The summed E-state index contributed by atoms with van der Waals surface area (Å²) in [4.78, 5) is 29.5. The molecular weight excluding hydrogens is 637 g/mol. The van der Waals surface area contributed by atoms with E-state index in [0.29, 0.717) is 21.4 Å². The molecule has 3 aromatic rings. The molecule has 1 aliphatic rings. The van der Waals surface area contributed by atoms with Gasteiger partial charge in [0.05, 0.1) is 24.8 Å². The molecule has 0 spiro atoms. The number of aryl methyl sites for hydroxylation is 1. The molecule has 2 amide bonds. The molecule has 1 N–H and O–H groups in total. The quantitative estimate of drug-likeness (QED) is 0.225. The van der Waals surface area contributed by atoms with Crippen molar-refractivity contribution in [2.24, 2.45) is 0 Å². The minimum atomic E-state index is -4.32. The van der Waals surface area contributed by atoms with Gasteiger partial charge in [0.1, 0.15) is 24.1 Å². The smallest absolute Gasteiger partial charge is 0.264 e. The first kappa shape index (κ1) is 34.4. The first-order valence-corrected chi connectivity index (χ1v) is 17.0. The van der Waals surface area contributed by atoms with Gasteiger partial charge in [-0.1, -0.05) is 66.7 Å². The van der Waals surface area contributed by atoms with Crippen LogP contribution in [0.15, 0.2) is 65.6 Å². The Balaban J connectivity index is 1.81. The van der Waals surface area contributed by atoms with Crippen LogP contribution in [0.1, 0.15) is 50.2 Å². The standard InChI is InChI=1S/C33H39Cl2N3O6S/c1-5-29(33(40)36-23-9-6-7-10-23)37(20-26-27(34)11-8-12-28(26)35)32(39)21-38(30-19-24(43-3)15-18-31(30)44-4)45(41,42)25-16-13-22(2)14-17-25/h8,11-19,23,29H,5-7,9-10,20-21H2,1-4H3,(H,36,40)/t29-/m0/s1. The minimum Gasteiger partial charge on any atom is -0.497 e. The third kappa shape index (κ3) is 8.04. The zero-order chi connectivity index (χ0) is 32.7. The van der Waals surface area contributed by atoms with E-state index in [-0.39, 0.29) is 41.2 Å². The highest BCUT2D eigenvalue weighted by Crippen LogP contribution is 2.36. The number of ether oxygens (including phenoxy) is 2. The molecule has 1 atom stereocenters. The number of halogens is 2. The van der Waals surface area contributed by atoms with Crippen LogP contribution >= 0.6 is 23.2 Å². The van der Waals surface area contributed by atoms with Gasteiger partial charge in [-0.05, 0) is 62.6 Å². The summed E-state index contributed by atoms with van der Waals surface area (Å²) in [6.07, 6.45) is 4.05. The zero-order valence-electron chi connectivity index (χ0n) is 25.9. The Hall–Kier alpha value is -3.47. The molecule has 1 saturated carbocycles. The lowest BCUT2D eigenvalue weighted by atomic mass is 10.1. The van der Waals surface area contributed by atoms with Crippen molar-refractivity contribution >= 4 is 50.7 Å². The van der Waals surface area contributed by atoms with Crippen molar-refractivity contribution in [3.8, 4) is 11.5 Å². The highest BCUT2D eigenvalue weighted by molar-refractivity contribution is 7.92. The highest BCUT2D eigenvalue weighted by Gasteiger charge is 2.36. The Labute approximate surface area is 275 Å². The Kier molecular flexibility index (Phi) is 11.6. The fourth-order valence-corrected chi connectivity index (χ4v) is 7.42. The number of hydrogen-bond acceptors (Lipinski definition) is 6. The van der Waals surface area contributed by atoms with E-state index in [1.165, 1.54) is 37.3 Å². The zero-order valence-corrected chi connectivity index (χ0v) is 28.2. The fourth-order valence-electron chi connectivity index (χ4n) is 5.48. The van der Waals surface area contributed by atoms with Gasteiger partial charge >= 0.3 is 0 Å². The van der Waals surface area contributed by atoms with Crippen LogP contribution in [0, 0.1) is 6.92 Å². The topological polar surface area (TPSA) is 105 Å². The summed E-state index contributed by atoms with van der Waals surface area (Å²) in [7, 11) is -1.45. The maximum Gasteiger partial charge on any atom is 0.264 e. The lowest BCUT2D eigenvalue weighted by molar-refractivity contribution is -0.140. The summed E-state index contributed by atoms with van der Waals surface area (Å²) < 4.78 is 40.5. The Bertz CT molecular complexity index is 1590. The van der Waals surface area contributed by atoms with E-state index in [9.17, 15) is 18.0 Å². The Morgan fingerprint density at radius 3 is 2.20 bits per heavy atom. The van der Waals surface area contributed by atoms with Crippen LogP contribution in [-0.4, -0.2) is 58.0 Å². The van der Waals surface area contributed by atoms with Crippen LogP contribution in [0.3, 0.4) is 0 Å². The van der Waals surface area contributed by atoms with Crippen molar-refractivity contribution in [3.63, 3.8) is 0 Å². The number of nitrogens with one attached hydrogen (secondary N) is 1. The second-order valence-electron chi connectivity index (χ2n) is 11.0. The second-order valence-corrected chi connectivity index (χ2v) is 13.7. The summed E-state index contributed by atoms with van der Waals surface area (Å²) in [6.45, 7) is 2.90. The van der Waals surface area contributed by atoms with Gasteiger partial charge < -0.3 is 19.7 Å². The summed E-state index contributed by atoms with van der Waals surface area (Å²) in [5.41, 5.74) is 1.43. The maximum absolute atomic E-state index is 14.5. The number of methoxy groups -OCH3 is 2. The lowest BCUT2D eigenvalue weighted by Crippen LogP contribution is -2.53. The first-order chi connectivity index (χ1) is 21.5. The van der Waals surface area contributed by atoms with Crippen LogP contribution in [0.25, 0.3) is 0 Å². The van der Waals surface area contributed by atoms with E-state index in [1.807, 2.05) is 6.92 Å². The number of anilines is 1. The van der Waals surface area contributed by atoms with Gasteiger partial charge in [0, 0.05) is 34.3 Å². The van der Waals surface area contributed by atoms with E-state index < -0.39 is 28.5 Å². The van der Waals surface area contributed by atoms with Crippen molar-refractivity contribution < 1.29 is 27.5 Å². The highest BCUT2D eigenvalue weighted by atomic mass is 35.5. The maximum atomic E-state index is 14.5. The van der Waals surface area contributed by atoms with E-state index >= 15 is 0 Å². The summed E-state index contributed by atoms with van der Waals surface area (Å²) in [5.74, 6) is -0.358. The van der Waals surface area contributed by atoms with Gasteiger partial charge in [-0.15, -0.1) is 0 Å². The van der Waals surface area contributed by atoms with E-state index in [4.69, 9.17) is 32.7 Å². The molecule has 242 valence electrons. The molecule has 1 aliphatic carbocycles. The molecule has 9 nitrogen and oxygen atoms in total. The van der Waals surface area contributed by atoms with Crippen molar-refractivity contribution in [1.82, 2.24) is 10.2 Å². The molecule has 0 saturated heterocycles. The number of hydrogen-bond donors (Lipinski definition) is 1. The van der Waals surface area contributed by atoms with Gasteiger partial charge in [0.25, 0.3) is 10.0 Å². The van der Waals surface area contributed by atoms with Crippen LogP contribution in [0.2, 0.25) is 10.0 Å². The molecule has 3 aromatic carbocycles. The molecule has 0 aromatic heterocycles. The van der Waals surface area contributed by atoms with Crippen molar-refractivity contribution in [1.29, 1.82) is 0 Å². The molecule has 1 fully saturated rings. The molecule has 45 heavy (non-hydrogen) atoms. The SMILES string of the molecule is CC[C@@H](C(=O)NC1CCCC1)N(Cc1c(Cl)cccc1Cl)C(=O)CN(c1cc(OC)ccc1OC)S(=O)(=O)c1ccc(C)cc1. The largest absolute Gasteiger partial charge is 0.497 e. The number of nitrogens with zero attached hydrogens (tertiary/aromatic N) is 2. The van der Waals surface area contributed by atoms with Gasteiger partial charge in [0.15, 0.2) is 0 Å². The van der Waals surface area contributed by atoms with Gasteiger partial charge in [-0.2, -0.15) is 0 Å². The average molecular weight is 677 g/mol. The molecule has 4 rings (SSSR count). The van der Waals surface area contributed by atoms with Gasteiger partial charge in [-0.3, -0.25) is 13.9 Å². The molecule has 0 aliphatic heterocycles. The van der Waals surface area contributed by atoms with Gasteiger partial charge in [-0.25, -0.2) is 8.42 Å². The third-order valence-electron chi connectivity index (χ3n) is 8.02. The molecular formula is C33H39Cl2N3O6S. The first-order valence-electron chi connectivity index (χ1n) is 14.8. The van der Waals surface area contributed by atoms with Crippen LogP contribution in [0.5, 0.6) is 11.5 Å². The normalized spacial score (nSPS) is 14.1. The lowest BCUT2D eigenvalue weighted by Gasteiger charge is -2.34. The van der Waals surface area contributed by atoms with Crippen LogP contribution in [0.4, 0.5) is 5.69 Å². The summed E-state index contributed by atoms with van der Waals surface area (Å²) in [6, 6.07) is 15.1. The fraction of sp³-hybridized carbons (Fsp3) is 0.394. The van der Waals surface area contributed by atoms with E-state index in [0.717, 1.165) is 35.6 Å². The van der Waals surface area contributed by atoms with Crippen LogP contribution in [-0.2, 0) is 26.2 Å². The number of amides is 2. The third-order valence-corrected chi connectivity index (χ3v) is 10.5.